The Morgan fingerprint density at radius 3 is 1.59 bits per heavy atom. The first-order chi connectivity index (χ1) is 53.5. The lowest BCUT2D eigenvalue weighted by atomic mass is 10.0. The smallest absolute Gasteiger partial charge is 0.410 e. The van der Waals surface area contributed by atoms with Gasteiger partial charge in [-0.1, -0.05) is 196 Å². The number of hydrogen-bond acceptors (Lipinski definition) is 18. The molecule has 0 aliphatic carbocycles. The van der Waals surface area contributed by atoms with Crippen molar-refractivity contribution in [1.82, 2.24) is 40.9 Å². The first-order valence-electron chi connectivity index (χ1n) is 38.6. The molecule has 8 N–H and O–H groups in total. The maximum atomic E-state index is 12.6. The van der Waals surface area contributed by atoms with Gasteiger partial charge in [0, 0.05) is 58.4 Å². The van der Waals surface area contributed by atoms with Crippen molar-refractivity contribution < 1.29 is 76.9 Å². The number of β-amino-alcohol motifs (C(OH)–C–C–N with tert-alkyl or cyclic N) is 2. The molecule has 2 unspecified atom stereocenters. The van der Waals surface area contributed by atoms with E-state index in [2.05, 4.69) is 47.1 Å². The number of amides is 7. The number of carbonyl (C=O) groups excluding carboxylic acids is 7. The summed E-state index contributed by atoms with van der Waals surface area (Å²) < 4.78 is 36.8. The highest BCUT2D eigenvalue weighted by atomic mass is 16.6. The Hall–Kier alpha value is -10.1. The van der Waals surface area contributed by atoms with Crippen molar-refractivity contribution in [3.05, 3.63) is 230 Å². The molecule has 606 valence electrons. The number of likely N-dealkylation sites (tertiary alicyclic amines) is 2. The molecule has 7 amide bonds. The number of allylic oxidation sites excluding steroid dienone is 2. The van der Waals surface area contributed by atoms with Gasteiger partial charge in [0.2, 0.25) is 5.91 Å². The molecule has 0 saturated carbocycles. The summed E-state index contributed by atoms with van der Waals surface area (Å²) in [6.07, 6.45) is 16.0. The molecule has 111 heavy (non-hydrogen) atoms. The van der Waals surface area contributed by atoms with E-state index in [1.807, 2.05) is 178 Å². The molecule has 5 aliphatic heterocycles. The minimum absolute atomic E-state index is 0.222. The highest BCUT2D eigenvalue weighted by Crippen LogP contribution is 2.31. The summed E-state index contributed by atoms with van der Waals surface area (Å²) in [5.41, 5.74) is 10.1. The third kappa shape index (κ3) is 39.9. The van der Waals surface area contributed by atoms with Gasteiger partial charge in [0.15, 0.2) is 0 Å². The molecule has 5 heterocycles. The van der Waals surface area contributed by atoms with Crippen LogP contribution >= 0.6 is 0 Å². The van der Waals surface area contributed by atoms with E-state index >= 15 is 0 Å². The van der Waals surface area contributed by atoms with E-state index < -0.39 is 42.1 Å². The number of epoxide rings is 1. The summed E-state index contributed by atoms with van der Waals surface area (Å²) >= 11 is 0. The van der Waals surface area contributed by atoms with Crippen LogP contribution < -0.4 is 27.0 Å². The summed E-state index contributed by atoms with van der Waals surface area (Å²) in [6.45, 7) is 28.2. The number of nitrogens with zero attached hydrogens (tertiary/aromatic N) is 4. The minimum atomic E-state index is -0.678. The van der Waals surface area contributed by atoms with Crippen LogP contribution in [0, 0.1) is 5.92 Å². The number of carbonyl (C=O) groups is 7. The number of rotatable bonds is 23. The van der Waals surface area contributed by atoms with Crippen LogP contribution in [-0.2, 0) is 71.0 Å². The lowest BCUT2D eigenvalue weighted by Crippen LogP contribution is -2.54. The number of nitrogens with two attached hydrogens (primary N) is 1. The summed E-state index contributed by atoms with van der Waals surface area (Å²) in [7, 11) is 0. The Balaban J connectivity index is 0.000000240. The molecule has 25 heteroatoms. The number of benzene rings is 5. The van der Waals surface area contributed by atoms with Gasteiger partial charge in [0.05, 0.1) is 37.4 Å². The lowest BCUT2D eigenvalue weighted by Gasteiger charge is -2.27. The molecule has 25 nitrogen and oxygen atoms in total. The third-order valence-electron chi connectivity index (χ3n) is 17.5. The second kappa shape index (κ2) is 52.9. The number of aliphatic hydroxyl groups is 2. The summed E-state index contributed by atoms with van der Waals surface area (Å²) in [4.78, 5) is 89.9. The van der Waals surface area contributed by atoms with Crippen molar-refractivity contribution in [3.8, 4) is 0 Å². The van der Waals surface area contributed by atoms with Gasteiger partial charge in [-0.25, -0.2) is 28.8 Å². The quantitative estimate of drug-likeness (QED) is 0.0138. The largest absolute Gasteiger partial charge is 0.445 e. The molecule has 10 rings (SSSR count). The fourth-order valence-electron chi connectivity index (χ4n) is 11.5. The predicted octanol–water partition coefficient (Wildman–Crippen LogP) is 13.3. The number of nitrogens with one attached hydrogen (secondary N) is 4. The number of aliphatic hydroxyl groups excluding tert-OH is 2. The molecule has 0 bridgehead atoms. The molecule has 4 saturated heterocycles. The first-order valence-corrected chi connectivity index (χ1v) is 38.6. The van der Waals surface area contributed by atoms with Crippen molar-refractivity contribution in [2.24, 2.45) is 11.7 Å². The highest BCUT2D eigenvalue weighted by Gasteiger charge is 2.43. The molecule has 5 aromatic rings. The highest BCUT2D eigenvalue weighted by molar-refractivity contribution is 5.86. The van der Waals surface area contributed by atoms with Crippen molar-refractivity contribution >= 4 is 42.5 Å². The number of fused-ring (bicyclic) bond motifs is 1. The Labute approximate surface area is 656 Å². The second-order valence-corrected chi connectivity index (χ2v) is 28.6. The molecule has 5 aliphatic rings. The average Bonchev–Trinajstić information content (AvgIpc) is 1.67. The van der Waals surface area contributed by atoms with Gasteiger partial charge < -0.3 is 90.0 Å². The number of ether oxygens (including phenoxy) is 7. The van der Waals surface area contributed by atoms with E-state index in [4.69, 9.17) is 38.9 Å². The SMILES string of the molecule is C=CCCCN(CC=C)C(=O)OCc1ccccc1.C=CCNC(=O)OCc1ccccc1.CC(C)C[C@H](NC(=O)OC(C)(C)C)C(=O)N[C@H]1CCCNC[C@@H]1O.N[C@H]1CCCN(C(=O)OCc2ccccc2)C[C@@H]1O.O=C(OCc1ccccc1)N1CC=CCCC1.O=C(OCc1ccccc1)N1CCCC2OC2C1. The van der Waals surface area contributed by atoms with Gasteiger partial charge in [-0.05, 0) is 132 Å². The Morgan fingerprint density at radius 2 is 1.09 bits per heavy atom. The van der Waals surface area contributed by atoms with Crippen molar-refractivity contribution in [3.63, 3.8) is 0 Å². The van der Waals surface area contributed by atoms with Crippen LogP contribution in [0.5, 0.6) is 0 Å². The van der Waals surface area contributed by atoms with E-state index in [1.165, 1.54) is 4.90 Å². The number of alkyl carbamates (subject to hydrolysis) is 2. The molecule has 4 fully saturated rings. The minimum Gasteiger partial charge on any atom is -0.445 e. The fraction of sp³-hybridized carbons (Fsp3) is 0.477. The van der Waals surface area contributed by atoms with Crippen LogP contribution in [0.15, 0.2) is 202 Å². The summed E-state index contributed by atoms with van der Waals surface area (Å²) in [5, 5.41) is 31.1. The van der Waals surface area contributed by atoms with Gasteiger partial charge in [-0.15, -0.1) is 19.7 Å². The zero-order valence-electron chi connectivity index (χ0n) is 65.6. The van der Waals surface area contributed by atoms with Crippen LogP contribution in [0.2, 0.25) is 0 Å². The molecule has 5 aromatic carbocycles. The summed E-state index contributed by atoms with van der Waals surface area (Å²) in [5.74, 6) is -0.0445. The first kappa shape index (κ1) is 91.6. The van der Waals surface area contributed by atoms with Gasteiger partial charge >= 0.3 is 36.6 Å². The fourth-order valence-corrected chi connectivity index (χ4v) is 11.5. The molecular weight excluding hydrogens is 1410 g/mol. The normalized spacial score (nSPS) is 18.5. The molecule has 0 spiro atoms. The van der Waals surface area contributed by atoms with Crippen molar-refractivity contribution in [2.45, 2.75) is 186 Å². The Kier molecular flexibility index (Phi) is 43.7. The second-order valence-electron chi connectivity index (χ2n) is 28.6. The maximum Gasteiger partial charge on any atom is 0.410 e. The van der Waals surface area contributed by atoms with E-state index in [1.54, 1.807) is 47.6 Å². The zero-order chi connectivity index (χ0) is 80.4. The van der Waals surface area contributed by atoms with Gasteiger partial charge in [0.25, 0.3) is 0 Å². The van der Waals surface area contributed by atoms with E-state index in [9.17, 15) is 43.8 Å². The van der Waals surface area contributed by atoms with Crippen molar-refractivity contribution in [1.29, 1.82) is 0 Å². The zero-order valence-corrected chi connectivity index (χ0v) is 65.6. The van der Waals surface area contributed by atoms with E-state index in [0.717, 1.165) is 105 Å². The summed E-state index contributed by atoms with van der Waals surface area (Å²) in [6, 6.07) is 47.0. The monoisotopic (exact) mass is 1540 g/mol. The van der Waals surface area contributed by atoms with Crippen LogP contribution in [0.1, 0.15) is 133 Å². The topological polar surface area (TPSA) is 315 Å². The van der Waals surface area contributed by atoms with E-state index in [-0.39, 0.29) is 61.4 Å². The van der Waals surface area contributed by atoms with Crippen LogP contribution in [-0.4, -0.2) is 192 Å². The Morgan fingerprint density at radius 1 is 0.595 bits per heavy atom. The van der Waals surface area contributed by atoms with Crippen LogP contribution in [0.3, 0.4) is 0 Å². The number of unbranched alkanes of at least 4 members (excludes halogenated alkanes) is 1. The van der Waals surface area contributed by atoms with Gasteiger partial charge in [-0.3, -0.25) is 4.79 Å². The standard InChI is InChI=1S/C17H33N3O4.C16H21NO2.C14H20N2O3.C14H17NO3.C14H17NO2.C11H13NO2/c1-11(2)9-13(20-16(23)24-17(3,4)5)15(22)19-12-7-6-8-18-10-14(12)21;1-3-5-9-13-17(12-4-2)16(18)19-14-15-10-7-6-8-11-15;15-12-7-4-8-16(9-13(12)17)14(18)19-10-11-5-2-1-3-6-11;16-14(17-10-11-5-2-1-3-6-11)15-8-4-7-12-13(9-15)18-12;16-14(15-10-6-1-2-7-11-15)17-12-13-8-4-3-5-9-13;1-2-8-12-11(13)14-9-10-6-4-3-5-7-10/h11-14,18,21H,6-10H2,1-5H3,(H,19,22)(H,20,23);3-4,6-8,10-11H,1-2,5,9,12-14H2;1-3,5-6,12-13,17H,4,7-10,15H2;1-3,5-6,12-13H,4,7-10H2;1,3-6,8-9H,2,7,10-12H2;2-7H,1,8-9H2,(H,12,13)/t12-,13-,14-;;12-,13-;;;/m0.0.../s1. The van der Waals surface area contributed by atoms with Gasteiger partial charge in [0.1, 0.15) is 50.8 Å². The third-order valence-corrected chi connectivity index (χ3v) is 17.5. The average molecular weight is 1540 g/mol. The molecule has 0 aromatic heterocycles. The van der Waals surface area contributed by atoms with Gasteiger partial charge in [-0.2, -0.15) is 0 Å². The van der Waals surface area contributed by atoms with Crippen LogP contribution in [0.4, 0.5) is 28.8 Å². The van der Waals surface area contributed by atoms with E-state index in [0.29, 0.717) is 91.2 Å². The molecule has 7 atom stereocenters. The number of hydrogen-bond donors (Lipinski definition) is 7. The maximum absolute atomic E-state index is 12.6. The molecular formula is C86H121N9O16. The molecule has 0 radical (unpaired) electrons. The predicted molar refractivity (Wildman–Crippen MR) is 429 cm³/mol. The van der Waals surface area contributed by atoms with Crippen LogP contribution in [0.25, 0.3) is 0 Å². The van der Waals surface area contributed by atoms with Crippen molar-refractivity contribution in [2.75, 3.05) is 72.0 Å². The Bertz CT molecular complexity index is 3520. The lowest BCUT2D eigenvalue weighted by molar-refractivity contribution is -0.125.